The number of ether oxygens (including phenoxy) is 9. The number of rotatable bonds is 14. The zero-order chi connectivity index (χ0) is 46.5. The molecule has 0 spiro atoms. The molecule has 0 saturated carbocycles. The molecule has 0 aliphatic carbocycles. The Morgan fingerprint density at radius 2 is 1.66 bits per heavy atom. The summed E-state index contributed by atoms with van der Waals surface area (Å²) in [4.78, 5) is 66.1. The van der Waals surface area contributed by atoms with Gasteiger partial charge >= 0.3 is 23.9 Å². The number of allylic oxidation sites excluding steroid dienone is 2. The summed E-state index contributed by atoms with van der Waals surface area (Å²) in [5.74, 6) is -3.52. The highest BCUT2D eigenvalue weighted by Crippen LogP contribution is 2.38. The zero-order valence-corrected chi connectivity index (χ0v) is 38.6. The van der Waals surface area contributed by atoms with Crippen LogP contribution < -0.4 is 0 Å². The molecule has 62 heavy (non-hydrogen) atoms. The molecular weight excluding hydrogens is 810 g/mol. The second-order valence-corrected chi connectivity index (χ2v) is 17.8. The van der Waals surface area contributed by atoms with E-state index < -0.39 is 127 Å². The van der Waals surface area contributed by atoms with Gasteiger partial charge in [-0.25, -0.2) is 0 Å². The molecule has 0 bridgehead atoms. The average molecular weight is 884 g/mol. The third kappa shape index (κ3) is 15.5. The Bertz CT molecular complexity index is 1520. The highest BCUT2D eigenvalue weighted by molar-refractivity contribution is 5.72. The second kappa shape index (κ2) is 24.7. The Balaban J connectivity index is 2.10. The number of carbonyl (C=O) groups is 5. The molecule has 2 N–H and O–H groups in total. The largest absolute Gasteiger partial charge is 0.462 e. The Morgan fingerprint density at radius 1 is 0.968 bits per heavy atom. The smallest absolute Gasteiger partial charge is 0.309 e. The Kier molecular flexibility index (Phi) is 21.1. The van der Waals surface area contributed by atoms with Crippen molar-refractivity contribution in [1.82, 2.24) is 4.90 Å². The van der Waals surface area contributed by atoms with Gasteiger partial charge in [0.2, 0.25) is 0 Å². The molecule has 0 amide bonds. The molecule has 354 valence electrons. The molecule has 3 rings (SSSR count). The summed E-state index contributed by atoms with van der Waals surface area (Å²) in [6.07, 6.45) is -4.36. The van der Waals surface area contributed by atoms with Gasteiger partial charge in [0.05, 0.1) is 36.9 Å². The van der Waals surface area contributed by atoms with Crippen molar-refractivity contribution >= 4 is 30.2 Å². The fraction of sp³-hybridized carbons (Fsp3) is 0.800. The summed E-state index contributed by atoms with van der Waals surface area (Å²) < 4.78 is 55.5. The third-order valence-electron chi connectivity index (χ3n) is 11.4. The summed E-state index contributed by atoms with van der Waals surface area (Å²) >= 11 is 0. The maximum absolute atomic E-state index is 13.4. The molecular formula is C45H73NO16. The van der Waals surface area contributed by atoms with Gasteiger partial charge in [0.25, 0.3) is 0 Å². The van der Waals surface area contributed by atoms with Gasteiger partial charge in [-0.1, -0.05) is 52.0 Å². The number of hydrogen-bond donors (Lipinski definition) is 2. The summed E-state index contributed by atoms with van der Waals surface area (Å²) in [7, 11) is 4.89. The molecule has 3 aliphatic rings. The molecule has 17 heteroatoms. The first-order valence-corrected chi connectivity index (χ1v) is 21.9. The predicted molar refractivity (Wildman–Crippen MR) is 224 cm³/mol. The molecule has 2 unspecified atom stereocenters. The van der Waals surface area contributed by atoms with E-state index in [0.717, 1.165) is 0 Å². The molecule has 3 aliphatic heterocycles. The van der Waals surface area contributed by atoms with E-state index in [2.05, 4.69) is 0 Å². The Labute approximate surface area is 367 Å². The van der Waals surface area contributed by atoms with Gasteiger partial charge in [-0.2, -0.15) is 0 Å². The minimum Gasteiger partial charge on any atom is -0.462 e. The van der Waals surface area contributed by atoms with Crippen LogP contribution in [0.1, 0.15) is 107 Å². The average Bonchev–Trinajstić information content (AvgIpc) is 3.15. The van der Waals surface area contributed by atoms with Crippen LogP contribution in [0.25, 0.3) is 0 Å². The van der Waals surface area contributed by atoms with E-state index in [0.29, 0.717) is 12.7 Å². The lowest BCUT2D eigenvalue weighted by Gasteiger charge is -2.51. The lowest BCUT2D eigenvalue weighted by atomic mass is 9.82. The van der Waals surface area contributed by atoms with E-state index in [1.807, 2.05) is 20.8 Å². The van der Waals surface area contributed by atoms with Crippen LogP contribution in [0.3, 0.4) is 0 Å². The molecule has 2 fully saturated rings. The molecule has 3 heterocycles. The quantitative estimate of drug-likeness (QED) is 0.144. The van der Waals surface area contributed by atoms with Crippen molar-refractivity contribution < 1.29 is 76.8 Å². The van der Waals surface area contributed by atoms with E-state index in [9.17, 15) is 34.2 Å². The van der Waals surface area contributed by atoms with Gasteiger partial charge in [0.15, 0.2) is 24.8 Å². The van der Waals surface area contributed by atoms with E-state index in [-0.39, 0.29) is 38.0 Å². The highest BCUT2D eigenvalue weighted by Gasteiger charge is 2.54. The SMILES string of the molecule is CCC(=O)O[C@H]1[C@H](O[C@H]2C(CC=O)C[C@@H](C)[C@@H](O)C=CC=CC[C@@H](C)OC(=O)CC(OC(C)=O)[C@@H]2OC)O[C@H](C)[C@@H](O[C@H]2C[C@@](C)(O)[C@@H](OC(=O)CC(C)C)[C@H](C)O2)[C@@H]1N(C)C. The van der Waals surface area contributed by atoms with Crippen LogP contribution in [0.2, 0.25) is 0 Å². The number of hydrogen-bond acceptors (Lipinski definition) is 17. The fourth-order valence-electron chi connectivity index (χ4n) is 8.41. The minimum atomic E-state index is -1.53. The third-order valence-corrected chi connectivity index (χ3v) is 11.4. The van der Waals surface area contributed by atoms with E-state index in [1.165, 1.54) is 14.0 Å². The van der Waals surface area contributed by atoms with E-state index in [1.54, 1.807) is 77.9 Å². The number of nitrogens with zero attached hydrogens (tertiary/aromatic N) is 1. The van der Waals surface area contributed by atoms with Crippen molar-refractivity contribution in [2.24, 2.45) is 17.8 Å². The molecule has 2 saturated heterocycles. The van der Waals surface area contributed by atoms with Crippen molar-refractivity contribution in [3.05, 3.63) is 24.3 Å². The lowest BCUT2D eigenvalue weighted by molar-refractivity contribution is -0.345. The summed E-state index contributed by atoms with van der Waals surface area (Å²) in [5.41, 5.74) is -1.53. The van der Waals surface area contributed by atoms with Gasteiger partial charge in [-0.15, -0.1) is 0 Å². The van der Waals surface area contributed by atoms with Crippen molar-refractivity contribution in [3.8, 4) is 0 Å². The van der Waals surface area contributed by atoms with Gasteiger partial charge in [-0.3, -0.25) is 19.2 Å². The monoisotopic (exact) mass is 883 g/mol. The number of cyclic esters (lactones) is 1. The Morgan fingerprint density at radius 3 is 2.24 bits per heavy atom. The van der Waals surface area contributed by atoms with Gasteiger partial charge < -0.3 is 62.5 Å². The topological polar surface area (TPSA) is 212 Å². The van der Waals surface area contributed by atoms with Crippen molar-refractivity contribution in [3.63, 3.8) is 0 Å². The van der Waals surface area contributed by atoms with Crippen LogP contribution in [0, 0.1) is 17.8 Å². The first kappa shape index (κ1) is 53.1. The maximum atomic E-state index is 13.4. The van der Waals surface area contributed by atoms with Crippen LogP contribution >= 0.6 is 0 Å². The van der Waals surface area contributed by atoms with Crippen molar-refractivity contribution in [2.75, 3.05) is 21.2 Å². The first-order chi connectivity index (χ1) is 29.1. The van der Waals surface area contributed by atoms with Crippen LogP contribution in [-0.2, 0) is 66.6 Å². The number of carbonyl (C=O) groups excluding carboxylic acids is 5. The molecule has 0 aromatic carbocycles. The van der Waals surface area contributed by atoms with E-state index in [4.69, 9.17) is 42.6 Å². The van der Waals surface area contributed by atoms with Crippen LogP contribution in [0.4, 0.5) is 0 Å². The van der Waals surface area contributed by atoms with Crippen molar-refractivity contribution in [1.29, 1.82) is 0 Å². The van der Waals surface area contributed by atoms with Gasteiger partial charge in [0, 0.05) is 46.1 Å². The van der Waals surface area contributed by atoms with Crippen molar-refractivity contribution in [2.45, 2.75) is 193 Å². The second-order valence-electron chi connectivity index (χ2n) is 17.8. The van der Waals surface area contributed by atoms with Gasteiger partial charge in [-0.05, 0) is 66.0 Å². The van der Waals surface area contributed by atoms with Crippen LogP contribution in [0.15, 0.2) is 24.3 Å². The molecule has 0 aromatic heterocycles. The first-order valence-electron chi connectivity index (χ1n) is 21.9. The summed E-state index contributed by atoms with van der Waals surface area (Å²) in [6.45, 7) is 15.1. The molecule has 17 nitrogen and oxygen atoms in total. The number of aliphatic hydroxyl groups is 2. The number of methoxy groups -OCH3 is 1. The number of likely N-dealkylation sites (N-methyl/N-ethyl adjacent to an activating group) is 1. The lowest BCUT2D eigenvalue weighted by Crippen LogP contribution is -2.66. The Hall–Kier alpha value is -3.29. The van der Waals surface area contributed by atoms with Crippen LogP contribution in [0.5, 0.6) is 0 Å². The summed E-state index contributed by atoms with van der Waals surface area (Å²) in [6, 6.07) is -0.777. The van der Waals surface area contributed by atoms with E-state index >= 15 is 0 Å². The maximum Gasteiger partial charge on any atom is 0.309 e. The predicted octanol–water partition coefficient (Wildman–Crippen LogP) is 3.97. The molecule has 0 radical (unpaired) electrons. The highest BCUT2D eigenvalue weighted by atomic mass is 16.7. The minimum absolute atomic E-state index is 0.00145. The molecule has 16 atom stereocenters. The number of esters is 4. The number of aldehydes is 1. The normalized spacial score (nSPS) is 37.7. The number of aliphatic hydroxyl groups excluding tert-OH is 1. The van der Waals surface area contributed by atoms with Crippen LogP contribution in [-0.4, -0.2) is 152 Å². The van der Waals surface area contributed by atoms with Gasteiger partial charge in [0.1, 0.15) is 36.3 Å². The standard InChI is InChI=1S/C45H73NO16/c1-13-34(50)59-42-38(46(10)11)39(61-37-24-45(9,53)43(29(7)56-37)60-35(51)21-25(2)3)28(6)57-44(42)62-40-31(19-20-47)22-26(4)32(49)18-16-14-15-17-27(5)55-36(52)23-33(41(40)54-12)58-30(8)48/h14-16,18,20,25-29,31-33,37-44,49,53H,13,17,19,21-24H2,1-12H3/t26-,27-,28-,29+,31?,32+,33?,37+,38+,39-,40+,41+,42-,43+,44+,45-/m1/s1. The zero-order valence-electron chi connectivity index (χ0n) is 38.6. The summed E-state index contributed by atoms with van der Waals surface area (Å²) in [5, 5.41) is 22.8. The molecule has 0 aromatic rings. The fourth-order valence-corrected chi connectivity index (χ4v) is 8.41.